The summed E-state index contributed by atoms with van der Waals surface area (Å²) in [4.78, 5) is 48.7. The molecule has 50 heavy (non-hydrogen) atoms. The first-order valence-corrected chi connectivity index (χ1v) is 21.6. The third-order valence-electron chi connectivity index (χ3n) is 9.53. The Kier molecular flexibility index (Phi) is 9.96. The van der Waals surface area contributed by atoms with Crippen LogP contribution in [-0.2, 0) is 21.7 Å². The SMILES string of the molecule is NC(=O)[C@@H]1C[C@@H](Oc2nc(-c3ccco3)nc3c2oc2ccc(F)cc23)CN1C(=O)CCCCCC/C=C\[C@@H]1C[C@@H]1C(=O)N[SH](=O)(I)C1CC1. The van der Waals surface area contributed by atoms with Crippen molar-refractivity contribution >= 4 is 68.3 Å². The summed E-state index contributed by atoms with van der Waals surface area (Å²) < 4.78 is 47.2. The van der Waals surface area contributed by atoms with Crippen molar-refractivity contribution in [3.05, 3.63) is 54.6 Å². The van der Waals surface area contributed by atoms with Crippen LogP contribution < -0.4 is 15.2 Å². The van der Waals surface area contributed by atoms with E-state index in [2.05, 4.69) is 26.8 Å². The second-order valence-corrected chi connectivity index (χ2v) is 19.8. The van der Waals surface area contributed by atoms with E-state index in [1.54, 1.807) is 12.1 Å². The molecule has 3 amide bonds. The van der Waals surface area contributed by atoms with Crippen molar-refractivity contribution in [1.82, 2.24) is 19.6 Å². The smallest absolute Gasteiger partial charge is 0.262 e. The molecule has 0 spiro atoms. The molecule has 4 heterocycles. The molecule has 0 unspecified atom stereocenters. The van der Waals surface area contributed by atoms with Gasteiger partial charge in [0.15, 0.2) is 11.6 Å². The molecule has 1 aliphatic heterocycles. The van der Waals surface area contributed by atoms with Crippen LogP contribution in [-0.4, -0.2) is 60.7 Å². The molecule has 12 nitrogen and oxygen atoms in total. The molecule has 4 atom stereocenters. The highest BCUT2D eigenvalue weighted by Gasteiger charge is 2.44. The summed E-state index contributed by atoms with van der Waals surface area (Å²) in [6, 6.07) is 6.69. The number of nitrogens with two attached hydrogens (primary N) is 1. The van der Waals surface area contributed by atoms with Crippen LogP contribution in [0.4, 0.5) is 4.39 Å². The number of hydrogen-bond acceptors (Lipinski definition) is 9. The van der Waals surface area contributed by atoms with Crippen LogP contribution in [0.3, 0.4) is 0 Å². The van der Waals surface area contributed by atoms with Gasteiger partial charge in [-0.25, -0.2) is 9.37 Å². The Hall–Kier alpha value is -3.86. The van der Waals surface area contributed by atoms with E-state index in [-0.39, 0.29) is 65.6 Å². The number of nitrogens with one attached hydrogen (secondary N) is 1. The average Bonchev–Trinajstić information content (AvgIpc) is 3.94. The molecule has 15 heteroatoms. The minimum Gasteiger partial charge on any atom is -0.470 e. The fraction of sp³-hybridized carbons (Fsp3) is 0.457. The largest absolute Gasteiger partial charge is 0.470 e. The minimum atomic E-state index is -2.59. The molecule has 3 N–H and O–H groups in total. The van der Waals surface area contributed by atoms with Crippen LogP contribution in [0.2, 0.25) is 0 Å². The van der Waals surface area contributed by atoms with Gasteiger partial charge >= 0.3 is 0 Å². The van der Waals surface area contributed by atoms with E-state index in [9.17, 15) is 23.0 Å². The van der Waals surface area contributed by atoms with Crippen molar-refractivity contribution in [2.75, 3.05) is 6.54 Å². The number of ether oxygens (including phenoxy) is 1. The number of carbonyl (C=O) groups is 3. The second kappa shape index (κ2) is 14.4. The monoisotopic (exact) mass is 819 g/mol. The predicted octanol–water partition coefficient (Wildman–Crippen LogP) is 5.70. The minimum absolute atomic E-state index is 0.0729. The number of rotatable bonds is 15. The van der Waals surface area contributed by atoms with Crippen LogP contribution in [0.1, 0.15) is 64.2 Å². The van der Waals surface area contributed by atoms with E-state index in [0.29, 0.717) is 28.7 Å². The third kappa shape index (κ3) is 7.72. The predicted molar refractivity (Wildman–Crippen MR) is 194 cm³/mol. The molecule has 0 radical (unpaired) electrons. The normalized spacial score (nSPS) is 22.4. The summed E-state index contributed by atoms with van der Waals surface area (Å²) in [5, 5.41) is 0.605. The van der Waals surface area contributed by atoms with Gasteiger partial charge in [0.05, 0.1) is 12.8 Å². The van der Waals surface area contributed by atoms with Crippen LogP contribution >= 0.6 is 21.2 Å². The molecule has 3 aliphatic rings. The molecule has 1 saturated heterocycles. The van der Waals surface area contributed by atoms with E-state index in [1.165, 1.54) is 29.4 Å². The number of unbranched alkanes of at least 4 members (excludes halogenated alkanes) is 4. The van der Waals surface area contributed by atoms with E-state index in [0.717, 1.165) is 44.9 Å². The maximum absolute atomic E-state index is 14.1. The van der Waals surface area contributed by atoms with Crippen LogP contribution in [0.25, 0.3) is 33.7 Å². The quantitative estimate of drug-likeness (QED) is 0.0448. The van der Waals surface area contributed by atoms with E-state index < -0.39 is 31.2 Å². The zero-order chi connectivity index (χ0) is 35.0. The van der Waals surface area contributed by atoms with Crippen LogP contribution in [0, 0.1) is 17.7 Å². The van der Waals surface area contributed by atoms with E-state index >= 15 is 0 Å². The number of hydrogen-bond donors (Lipinski definition) is 3. The average molecular weight is 820 g/mol. The number of carbonyl (C=O) groups excluding carboxylic acids is 3. The number of primary amides is 1. The van der Waals surface area contributed by atoms with Gasteiger partial charge in [0, 0.05) is 57.9 Å². The lowest BCUT2D eigenvalue weighted by molar-refractivity contribution is -0.137. The van der Waals surface area contributed by atoms with Crippen molar-refractivity contribution in [3.8, 4) is 17.5 Å². The lowest BCUT2D eigenvalue weighted by atomic mass is 10.1. The Balaban J connectivity index is 0.897. The number of benzene rings is 1. The fourth-order valence-corrected chi connectivity index (χ4v) is 10.4. The summed E-state index contributed by atoms with van der Waals surface area (Å²) in [6.45, 7) is 0.143. The van der Waals surface area contributed by atoms with E-state index in [1.807, 2.05) is 21.2 Å². The van der Waals surface area contributed by atoms with Gasteiger partial charge < -0.3 is 24.2 Å². The lowest BCUT2D eigenvalue weighted by Gasteiger charge is -2.21. The highest BCUT2D eigenvalue weighted by atomic mass is 127. The summed E-state index contributed by atoms with van der Waals surface area (Å²) in [5.41, 5.74) is 6.69. The number of likely N-dealkylation sites (tertiary alicyclic amines) is 1. The Bertz CT molecular complexity index is 2000. The van der Waals surface area contributed by atoms with Gasteiger partial charge in [-0.15, -0.1) is 0 Å². The Morgan fingerprint density at radius 2 is 1.96 bits per heavy atom. The number of allylic oxidation sites excluding steroid dienone is 2. The maximum Gasteiger partial charge on any atom is 0.262 e. The van der Waals surface area contributed by atoms with Crippen molar-refractivity contribution in [2.24, 2.45) is 17.6 Å². The van der Waals surface area contributed by atoms with Crippen molar-refractivity contribution in [2.45, 2.75) is 81.6 Å². The molecular formula is C35H39FIN5O7S. The first-order chi connectivity index (χ1) is 24.1. The van der Waals surface area contributed by atoms with Gasteiger partial charge in [-0.2, -0.15) is 4.98 Å². The zero-order valence-electron chi connectivity index (χ0n) is 27.3. The molecule has 7 rings (SSSR count). The van der Waals surface area contributed by atoms with Crippen LogP contribution in [0.5, 0.6) is 5.88 Å². The van der Waals surface area contributed by atoms with E-state index in [4.69, 9.17) is 19.3 Å². The van der Waals surface area contributed by atoms with Crippen molar-refractivity contribution in [1.29, 1.82) is 0 Å². The number of fused-ring (bicyclic) bond motifs is 3. The topological polar surface area (TPSA) is 171 Å². The van der Waals surface area contributed by atoms with Crippen molar-refractivity contribution in [3.63, 3.8) is 0 Å². The van der Waals surface area contributed by atoms with Crippen molar-refractivity contribution < 1.29 is 36.6 Å². The van der Waals surface area contributed by atoms with Gasteiger partial charge in [0.1, 0.15) is 29.1 Å². The molecule has 4 aromatic rings. The molecule has 266 valence electrons. The summed E-state index contributed by atoms with van der Waals surface area (Å²) in [7, 11) is -2.59. The second-order valence-electron chi connectivity index (χ2n) is 13.4. The Morgan fingerprint density at radius 3 is 2.72 bits per heavy atom. The summed E-state index contributed by atoms with van der Waals surface area (Å²) in [6.07, 6.45) is 12.6. The molecule has 0 bridgehead atoms. The Labute approximate surface area is 300 Å². The zero-order valence-corrected chi connectivity index (χ0v) is 30.3. The van der Waals surface area contributed by atoms with Gasteiger partial charge in [-0.05, 0) is 74.8 Å². The van der Waals surface area contributed by atoms with Gasteiger partial charge in [0.25, 0.3) is 5.88 Å². The summed E-state index contributed by atoms with van der Waals surface area (Å²) >= 11 is 1.93. The van der Waals surface area contributed by atoms with Gasteiger partial charge in [-0.3, -0.25) is 23.3 Å². The first kappa shape index (κ1) is 34.6. The lowest BCUT2D eigenvalue weighted by Crippen LogP contribution is -2.43. The molecule has 2 aliphatic carbocycles. The molecule has 3 aromatic heterocycles. The molecule has 3 fully saturated rings. The number of nitrogens with zero attached hydrogens (tertiary/aromatic N) is 3. The molecular weight excluding hydrogens is 780 g/mol. The Morgan fingerprint density at radius 1 is 1.14 bits per heavy atom. The first-order valence-electron chi connectivity index (χ1n) is 17.0. The van der Waals surface area contributed by atoms with Gasteiger partial charge in [-0.1, -0.05) is 25.0 Å². The maximum atomic E-state index is 14.1. The number of furan rings is 2. The van der Waals surface area contributed by atoms with Gasteiger partial charge in [0.2, 0.25) is 23.3 Å². The summed E-state index contributed by atoms with van der Waals surface area (Å²) in [5.74, 6) is -0.474. The fourth-order valence-electron chi connectivity index (χ4n) is 6.54. The number of amides is 3. The molecule has 1 aromatic carbocycles. The van der Waals surface area contributed by atoms with Crippen LogP contribution in [0.15, 0.2) is 57.6 Å². The standard InChI is InChI=1S/C35H39FIN5O7S/c36-21-11-14-27-25(17-21)30-31(49-27)35(40-33(39-30)28-9-7-15-47-28)48-22-18-26(32(38)44)42(19-22)29(43)10-6-4-2-1-3-5-8-20-16-24(20)34(45)41-50(37,46)23-12-13-23/h5,7-9,11,14-15,17,20,22-24,26,50H,1-4,6,10,12-13,16,18-19H2,(H2,38,44)(H,41,45,46)/b8-5-/t20-,22-,24+,26+/m1/s1. The number of thiol groups is 1. The molecule has 2 saturated carbocycles. The number of aromatic nitrogens is 2. The highest BCUT2D eigenvalue weighted by molar-refractivity contribution is 14.2. The third-order valence-corrected chi connectivity index (χ3v) is 14.6. The number of halogens is 2. The highest BCUT2D eigenvalue weighted by Crippen LogP contribution is 2.43.